The SMILES string of the molecule is CC1OCCC1N(C)S(=O)(=O)c1ccc(=O)[nH]c1. The molecular formula is C11H16N2O4S. The molecule has 0 amide bonds. The topological polar surface area (TPSA) is 79.5 Å². The fourth-order valence-electron chi connectivity index (χ4n) is 2.10. The van der Waals surface area contributed by atoms with Gasteiger partial charge in [0.2, 0.25) is 15.6 Å². The molecule has 0 saturated carbocycles. The Balaban J connectivity index is 2.30. The van der Waals surface area contributed by atoms with Crippen molar-refractivity contribution < 1.29 is 13.2 Å². The number of nitrogens with zero attached hydrogens (tertiary/aromatic N) is 1. The number of hydrogen-bond donors (Lipinski definition) is 1. The van der Waals surface area contributed by atoms with Gasteiger partial charge in [0.05, 0.1) is 17.0 Å². The lowest BCUT2D eigenvalue weighted by Crippen LogP contribution is -2.41. The van der Waals surface area contributed by atoms with Crippen LogP contribution in [0.2, 0.25) is 0 Å². The zero-order valence-corrected chi connectivity index (χ0v) is 11.1. The highest BCUT2D eigenvalue weighted by Gasteiger charge is 2.35. The summed E-state index contributed by atoms with van der Waals surface area (Å²) in [6.45, 7) is 2.42. The van der Waals surface area contributed by atoms with E-state index in [0.29, 0.717) is 13.0 Å². The number of sulfonamides is 1. The second-order valence-electron chi connectivity index (χ2n) is 4.34. The van der Waals surface area contributed by atoms with Gasteiger partial charge in [0.25, 0.3) is 0 Å². The Labute approximate surface area is 106 Å². The van der Waals surface area contributed by atoms with Crippen LogP contribution in [0.4, 0.5) is 0 Å². The van der Waals surface area contributed by atoms with Crippen LogP contribution in [0.5, 0.6) is 0 Å². The number of hydrogen-bond acceptors (Lipinski definition) is 4. The van der Waals surface area contributed by atoms with Crippen LogP contribution < -0.4 is 5.56 Å². The average Bonchev–Trinajstić information content (AvgIpc) is 2.75. The molecule has 0 aromatic carbocycles. The zero-order chi connectivity index (χ0) is 13.3. The molecule has 0 aliphatic carbocycles. The first kappa shape index (κ1) is 13.3. The van der Waals surface area contributed by atoms with Gasteiger partial charge in [-0.05, 0) is 19.4 Å². The maximum absolute atomic E-state index is 12.3. The van der Waals surface area contributed by atoms with Crippen molar-refractivity contribution in [2.24, 2.45) is 0 Å². The van der Waals surface area contributed by atoms with Crippen molar-refractivity contribution >= 4 is 10.0 Å². The molecule has 1 aromatic rings. The Morgan fingerprint density at radius 3 is 2.67 bits per heavy atom. The Bertz CT molecular complexity index is 560. The van der Waals surface area contributed by atoms with Crippen LogP contribution in [0.15, 0.2) is 28.0 Å². The molecule has 1 saturated heterocycles. The Morgan fingerprint density at radius 2 is 2.17 bits per heavy atom. The second-order valence-corrected chi connectivity index (χ2v) is 6.34. The molecule has 1 N–H and O–H groups in total. The number of aromatic nitrogens is 1. The van der Waals surface area contributed by atoms with Gasteiger partial charge in [-0.15, -0.1) is 0 Å². The van der Waals surface area contributed by atoms with Gasteiger partial charge in [-0.25, -0.2) is 8.42 Å². The highest BCUT2D eigenvalue weighted by atomic mass is 32.2. The maximum atomic E-state index is 12.3. The summed E-state index contributed by atoms with van der Waals surface area (Å²) in [5, 5.41) is 0. The van der Waals surface area contributed by atoms with E-state index in [1.807, 2.05) is 6.92 Å². The lowest BCUT2D eigenvalue weighted by Gasteiger charge is -2.25. The molecule has 0 radical (unpaired) electrons. The first-order chi connectivity index (χ1) is 8.43. The molecule has 2 unspecified atom stereocenters. The largest absolute Gasteiger partial charge is 0.377 e. The predicted octanol–water partition coefficient (Wildman–Crippen LogP) is 0.173. The molecule has 6 nitrogen and oxygen atoms in total. The van der Waals surface area contributed by atoms with Crippen LogP contribution in [-0.4, -0.2) is 43.5 Å². The van der Waals surface area contributed by atoms with Crippen molar-refractivity contribution in [2.75, 3.05) is 13.7 Å². The third-order valence-corrected chi connectivity index (χ3v) is 5.11. The summed E-state index contributed by atoms with van der Waals surface area (Å²) in [6.07, 6.45) is 1.78. The van der Waals surface area contributed by atoms with E-state index in [4.69, 9.17) is 4.74 Å². The molecule has 1 aromatic heterocycles. The van der Waals surface area contributed by atoms with Crippen molar-refractivity contribution in [1.29, 1.82) is 0 Å². The molecule has 18 heavy (non-hydrogen) atoms. The molecule has 0 spiro atoms. The van der Waals surface area contributed by atoms with Gasteiger partial charge in [-0.2, -0.15) is 4.31 Å². The summed E-state index contributed by atoms with van der Waals surface area (Å²) >= 11 is 0. The minimum Gasteiger partial charge on any atom is -0.377 e. The van der Waals surface area contributed by atoms with Crippen LogP contribution in [-0.2, 0) is 14.8 Å². The highest BCUT2D eigenvalue weighted by molar-refractivity contribution is 7.89. The van der Waals surface area contributed by atoms with Gasteiger partial charge < -0.3 is 9.72 Å². The van der Waals surface area contributed by atoms with E-state index in [9.17, 15) is 13.2 Å². The van der Waals surface area contributed by atoms with Gasteiger partial charge in [-0.1, -0.05) is 0 Å². The number of pyridine rings is 1. The number of likely N-dealkylation sites (N-methyl/N-ethyl adjacent to an activating group) is 1. The molecule has 0 bridgehead atoms. The lowest BCUT2D eigenvalue weighted by molar-refractivity contribution is 0.102. The van der Waals surface area contributed by atoms with Crippen molar-refractivity contribution in [2.45, 2.75) is 30.4 Å². The van der Waals surface area contributed by atoms with E-state index < -0.39 is 10.0 Å². The average molecular weight is 272 g/mol. The summed E-state index contributed by atoms with van der Waals surface area (Å²) in [5.41, 5.74) is -0.325. The Morgan fingerprint density at radius 1 is 1.44 bits per heavy atom. The lowest BCUT2D eigenvalue weighted by atomic mass is 10.2. The standard InChI is InChI=1S/C11H16N2O4S/c1-8-10(5-6-17-8)13(2)18(15,16)9-3-4-11(14)12-7-9/h3-4,7-8,10H,5-6H2,1-2H3,(H,12,14). The quantitative estimate of drug-likeness (QED) is 0.851. The molecule has 100 valence electrons. The predicted molar refractivity (Wildman–Crippen MR) is 65.8 cm³/mol. The van der Waals surface area contributed by atoms with E-state index in [2.05, 4.69) is 4.98 Å². The Hall–Kier alpha value is -1.18. The van der Waals surface area contributed by atoms with Gasteiger partial charge >= 0.3 is 0 Å². The number of aromatic amines is 1. The molecule has 1 fully saturated rings. The van der Waals surface area contributed by atoms with Gasteiger partial charge in [0.15, 0.2) is 0 Å². The number of nitrogens with one attached hydrogen (secondary N) is 1. The number of ether oxygens (including phenoxy) is 1. The first-order valence-electron chi connectivity index (χ1n) is 5.71. The third-order valence-electron chi connectivity index (χ3n) is 3.24. The molecule has 2 atom stereocenters. The Kier molecular flexibility index (Phi) is 3.56. The summed E-state index contributed by atoms with van der Waals surface area (Å²) in [6, 6.07) is 2.35. The van der Waals surface area contributed by atoms with Crippen molar-refractivity contribution in [3.8, 4) is 0 Å². The van der Waals surface area contributed by atoms with Crippen LogP contribution >= 0.6 is 0 Å². The fraction of sp³-hybridized carbons (Fsp3) is 0.545. The van der Waals surface area contributed by atoms with Crippen LogP contribution in [0.25, 0.3) is 0 Å². The van der Waals surface area contributed by atoms with Crippen molar-refractivity contribution in [3.05, 3.63) is 28.7 Å². The number of rotatable bonds is 3. The molecular weight excluding hydrogens is 256 g/mol. The minimum atomic E-state index is -3.59. The molecule has 2 heterocycles. The number of H-pyrrole nitrogens is 1. The summed E-state index contributed by atoms with van der Waals surface area (Å²) in [4.78, 5) is 13.4. The second kappa shape index (κ2) is 4.83. The summed E-state index contributed by atoms with van der Waals surface area (Å²) < 4.78 is 31.3. The normalized spacial score (nSPS) is 24.6. The first-order valence-corrected chi connectivity index (χ1v) is 7.15. The van der Waals surface area contributed by atoms with E-state index in [1.54, 1.807) is 0 Å². The van der Waals surface area contributed by atoms with E-state index >= 15 is 0 Å². The summed E-state index contributed by atoms with van der Waals surface area (Å²) in [5.74, 6) is 0. The molecule has 2 rings (SSSR count). The van der Waals surface area contributed by atoms with Gasteiger partial charge in [0, 0.05) is 25.9 Å². The van der Waals surface area contributed by atoms with Crippen molar-refractivity contribution in [3.63, 3.8) is 0 Å². The van der Waals surface area contributed by atoms with Crippen LogP contribution in [0.3, 0.4) is 0 Å². The minimum absolute atomic E-state index is 0.0868. The van der Waals surface area contributed by atoms with Gasteiger partial charge in [0.1, 0.15) is 0 Å². The van der Waals surface area contributed by atoms with Crippen molar-refractivity contribution in [1.82, 2.24) is 9.29 Å². The molecule has 1 aliphatic heterocycles. The van der Waals surface area contributed by atoms with E-state index in [0.717, 1.165) is 0 Å². The van der Waals surface area contributed by atoms with E-state index in [-0.39, 0.29) is 22.6 Å². The highest BCUT2D eigenvalue weighted by Crippen LogP contribution is 2.23. The fourth-order valence-corrected chi connectivity index (χ4v) is 3.51. The monoisotopic (exact) mass is 272 g/mol. The van der Waals surface area contributed by atoms with E-state index in [1.165, 1.54) is 29.7 Å². The van der Waals surface area contributed by atoms with Gasteiger partial charge in [-0.3, -0.25) is 4.79 Å². The maximum Gasteiger partial charge on any atom is 0.247 e. The van der Waals surface area contributed by atoms with Crippen LogP contribution in [0, 0.1) is 0 Å². The third kappa shape index (κ3) is 2.33. The summed E-state index contributed by atoms with van der Waals surface area (Å²) in [7, 11) is -2.05. The molecule has 1 aliphatic rings. The molecule has 7 heteroatoms. The zero-order valence-electron chi connectivity index (χ0n) is 10.3. The smallest absolute Gasteiger partial charge is 0.247 e. The van der Waals surface area contributed by atoms with Crippen LogP contribution in [0.1, 0.15) is 13.3 Å².